The number of rotatable bonds is 7. The van der Waals surface area contributed by atoms with Gasteiger partial charge in [0.15, 0.2) is 0 Å². The molecule has 1 aliphatic rings. The third-order valence-electron chi connectivity index (χ3n) is 5.53. The van der Waals surface area contributed by atoms with Gasteiger partial charge in [0.1, 0.15) is 24.4 Å². The van der Waals surface area contributed by atoms with Crippen molar-refractivity contribution in [1.29, 1.82) is 0 Å². The van der Waals surface area contributed by atoms with Crippen LogP contribution in [0.1, 0.15) is 31.9 Å². The van der Waals surface area contributed by atoms with Crippen molar-refractivity contribution in [2.24, 2.45) is 0 Å². The van der Waals surface area contributed by atoms with E-state index < -0.39 is 35.8 Å². The standard InChI is InChI=1S/C26H32N2O6/c1-26(2,3)34-25(31)28-20-14-10-9-13-19(20)16-21(28)24(30)27(17-23(29)33-5)22(32-4)15-18-11-7-6-8-12-18/h6-14,21-22H,15-17H2,1-5H3/t21-,22?/m1/s1. The number of hydrogen-bond acceptors (Lipinski definition) is 6. The first kappa shape index (κ1) is 25.2. The van der Waals surface area contributed by atoms with Gasteiger partial charge in [-0.05, 0) is 38.0 Å². The molecule has 0 aromatic heterocycles. The molecule has 2 amide bonds. The first-order valence-corrected chi connectivity index (χ1v) is 11.2. The van der Waals surface area contributed by atoms with Crippen LogP contribution >= 0.6 is 0 Å². The third-order valence-corrected chi connectivity index (χ3v) is 5.53. The van der Waals surface area contributed by atoms with Crippen LogP contribution in [-0.2, 0) is 36.6 Å². The highest BCUT2D eigenvalue weighted by molar-refractivity contribution is 6.01. The molecule has 2 aromatic carbocycles. The summed E-state index contributed by atoms with van der Waals surface area (Å²) in [6, 6.07) is 16.0. The fraction of sp³-hybridized carbons (Fsp3) is 0.423. The van der Waals surface area contributed by atoms with E-state index in [4.69, 9.17) is 14.2 Å². The molecule has 2 aromatic rings. The second-order valence-electron chi connectivity index (χ2n) is 9.12. The molecule has 0 saturated carbocycles. The number of fused-ring (bicyclic) bond motifs is 1. The zero-order valence-electron chi connectivity index (χ0n) is 20.3. The molecular weight excluding hydrogens is 436 g/mol. The molecule has 0 saturated heterocycles. The number of methoxy groups -OCH3 is 2. The molecule has 0 spiro atoms. The van der Waals surface area contributed by atoms with Crippen molar-refractivity contribution in [2.45, 2.75) is 51.5 Å². The van der Waals surface area contributed by atoms with E-state index in [0.29, 0.717) is 18.5 Å². The van der Waals surface area contributed by atoms with E-state index in [-0.39, 0.29) is 6.54 Å². The maximum atomic E-state index is 13.9. The number of hydrogen-bond donors (Lipinski definition) is 0. The van der Waals surface area contributed by atoms with Crippen LogP contribution in [0.5, 0.6) is 0 Å². The highest BCUT2D eigenvalue weighted by Gasteiger charge is 2.44. The van der Waals surface area contributed by atoms with Crippen LogP contribution in [0, 0.1) is 0 Å². The van der Waals surface area contributed by atoms with Crippen LogP contribution in [-0.4, -0.2) is 61.5 Å². The summed E-state index contributed by atoms with van der Waals surface area (Å²) < 4.78 is 16.1. The normalized spacial score (nSPS) is 15.9. The van der Waals surface area contributed by atoms with Gasteiger partial charge in [-0.1, -0.05) is 48.5 Å². The number of carbonyl (C=O) groups is 3. The second kappa shape index (κ2) is 10.7. The smallest absolute Gasteiger partial charge is 0.415 e. The molecule has 0 radical (unpaired) electrons. The Balaban J connectivity index is 1.96. The van der Waals surface area contributed by atoms with Gasteiger partial charge in [-0.2, -0.15) is 0 Å². The molecular formula is C26H32N2O6. The predicted octanol–water partition coefficient (Wildman–Crippen LogP) is 3.57. The summed E-state index contributed by atoms with van der Waals surface area (Å²) in [5.41, 5.74) is 1.67. The summed E-state index contributed by atoms with van der Waals surface area (Å²) in [5.74, 6) is -1.00. The van der Waals surface area contributed by atoms with Crippen molar-refractivity contribution >= 4 is 23.7 Å². The van der Waals surface area contributed by atoms with E-state index in [1.807, 2.05) is 48.5 Å². The van der Waals surface area contributed by atoms with E-state index in [9.17, 15) is 14.4 Å². The lowest BCUT2D eigenvalue weighted by molar-refractivity contribution is -0.157. The lowest BCUT2D eigenvalue weighted by Crippen LogP contribution is -2.55. The Morgan fingerprint density at radius 3 is 2.29 bits per heavy atom. The molecule has 0 fully saturated rings. The fourth-order valence-electron chi connectivity index (χ4n) is 3.97. The fourth-order valence-corrected chi connectivity index (χ4v) is 3.97. The van der Waals surface area contributed by atoms with Crippen LogP contribution < -0.4 is 4.90 Å². The zero-order valence-corrected chi connectivity index (χ0v) is 20.3. The van der Waals surface area contributed by atoms with Gasteiger partial charge in [-0.15, -0.1) is 0 Å². The molecule has 1 unspecified atom stereocenters. The van der Waals surface area contributed by atoms with Gasteiger partial charge in [0.2, 0.25) is 5.91 Å². The molecule has 1 aliphatic heterocycles. The van der Waals surface area contributed by atoms with Crippen molar-refractivity contribution in [1.82, 2.24) is 4.90 Å². The molecule has 2 atom stereocenters. The molecule has 0 bridgehead atoms. The van der Waals surface area contributed by atoms with Gasteiger partial charge in [0.05, 0.1) is 12.8 Å². The minimum atomic E-state index is -0.884. The molecule has 8 nitrogen and oxygen atoms in total. The first-order valence-electron chi connectivity index (χ1n) is 11.2. The van der Waals surface area contributed by atoms with Gasteiger partial charge < -0.3 is 19.1 Å². The summed E-state index contributed by atoms with van der Waals surface area (Å²) >= 11 is 0. The van der Waals surface area contributed by atoms with Crippen LogP contribution in [0.3, 0.4) is 0 Å². The Labute approximate surface area is 200 Å². The summed E-state index contributed by atoms with van der Waals surface area (Å²) in [4.78, 5) is 42.1. The number of ether oxygens (including phenoxy) is 3. The average Bonchev–Trinajstić information content (AvgIpc) is 3.20. The Morgan fingerprint density at radius 1 is 1.03 bits per heavy atom. The molecule has 1 heterocycles. The summed E-state index contributed by atoms with van der Waals surface area (Å²) in [5, 5.41) is 0. The van der Waals surface area contributed by atoms with Gasteiger partial charge >= 0.3 is 12.1 Å². The van der Waals surface area contributed by atoms with Crippen molar-refractivity contribution in [3.63, 3.8) is 0 Å². The van der Waals surface area contributed by atoms with E-state index in [1.165, 1.54) is 24.0 Å². The molecule has 0 N–H and O–H groups in total. The number of para-hydroxylation sites is 1. The monoisotopic (exact) mass is 468 g/mol. The lowest BCUT2D eigenvalue weighted by Gasteiger charge is -2.35. The Morgan fingerprint density at radius 2 is 1.68 bits per heavy atom. The SMILES string of the molecule is COC(=O)CN(C(=O)[C@H]1Cc2ccccc2N1C(=O)OC(C)(C)C)C(Cc1ccccc1)OC. The Hall–Kier alpha value is -3.39. The molecule has 0 aliphatic carbocycles. The van der Waals surface area contributed by atoms with Gasteiger partial charge in [-0.3, -0.25) is 14.5 Å². The molecule has 3 rings (SSSR count). The molecule has 34 heavy (non-hydrogen) atoms. The minimum absolute atomic E-state index is 0.299. The van der Waals surface area contributed by atoms with Crippen molar-refractivity contribution in [3.8, 4) is 0 Å². The predicted molar refractivity (Wildman–Crippen MR) is 127 cm³/mol. The maximum absolute atomic E-state index is 13.9. The van der Waals surface area contributed by atoms with Gasteiger partial charge in [-0.25, -0.2) is 4.79 Å². The molecule has 8 heteroatoms. The van der Waals surface area contributed by atoms with E-state index in [2.05, 4.69) is 0 Å². The van der Waals surface area contributed by atoms with Crippen LogP contribution in [0.2, 0.25) is 0 Å². The Bertz CT molecular complexity index is 1020. The number of amides is 2. The number of carbonyl (C=O) groups excluding carboxylic acids is 3. The van der Waals surface area contributed by atoms with Crippen LogP contribution in [0.25, 0.3) is 0 Å². The summed E-state index contributed by atoms with van der Waals surface area (Å²) in [6.07, 6.45) is -0.691. The number of benzene rings is 2. The highest BCUT2D eigenvalue weighted by atomic mass is 16.6. The van der Waals surface area contributed by atoms with Gasteiger partial charge in [0, 0.05) is 20.0 Å². The summed E-state index contributed by atoms with van der Waals surface area (Å²) in [7, 11) is 2.75. The highest BCUT2D eigenvalue weighted by Crippen LogP contribution is 2.34. The molecule has 182 valence electrons. The van der Waals surface area contributed by atoms with Crippen molar-refractivity contribution < 1.29 is 28.6 Å². The Kier molecular flexibility index (Phi) is 7.94. The lowest BCUT2D eigenvalue weighted by atomic mass is 10.1. The van der Waals surface area contributed by atoms with Gasteiger partial charge in [0.25, 0.3) is 0 Å². The number of anilines is 1. The van der Waals surface area contributed by atoms with Crippen LogP contribution in [0.15, 0.2) is 54.6 Å². The zero-order chi connectivity index (χ0) is 24.9. The van der Waals surface area contributed by atoms with E-state index >= 15 is 0 Å². The minimum Gasteiger partial charge on any atom is -0.468 e. The quantitative estimate of drug-likeness (QED) is 0.456. The topological polar surface area (TPSA) is 85.4 Å². The maximum Gasteiger partial charge on any atom is 0.415 e. The average molecular weight is 469 g/mol. The van der Waals surface area contributed by atoms with E-state index in [0.717, 1.165) is 11.1 Å². The van der Waals surface area contributed by atoms with Crippen LogP contribution in [0.4, 0.5) is 10.5 Å². The number of esters is 1. The van der Waals surface area contributed by atoms with E-state index in [1.54, 1.807) is 26.8 Å². The largest absolute Gasteiger partial charge is 0.468 e. The van der Waals surface area contributed by atoms with Crippen molar-refractivity contribution in [2.75, 3.05) is 25.7 Å². The third kappa shape index (κ3) is 5.94. The summed E-state index contributed by atoms with van der Waals surface area (Å²) in [6.45, 7) is 5.01. The second-order valence-corrected chi connectivity index (χ2v) is 9.12. The van der Waals surface area contributed by atoms with Crippen molar-refractivity contribution in [3.05, 3.63) is 65.7 Å². The number of nitrogens with zero attached hydrogens (tertiary/aromatic N) is 2. The first-order chi connectivity index (χ1) is 16.1.